The van der Waals surface area contributed by atoms with Gasteiger partial charge in [-0.25, -0.2) is 0 Å². The van der Waals surface area contributed by atoms with Crippen molar-refractivity contribution in [1.29, 1.82) is 0 Å². The topological polar surface area (TPSA) is 53.1 Å². The van der Waals surface area contributed by atoms with E-state index in [0.29, 0.717) is 5.02 Å². The van der Waals surface area contributed by atoms with E-state index in [-0.39, 0.29) is 6.42 Å². The third-order valence-corrected chi connectivity index (χ3v) is 4.81. The molecular formula is C16H14ClNO2S. The van der Waals surface area contributed by atoms with Gasteiger partial charge in [0.25, 0.3) is 0 Å². The minimum atomic E-state index is -0.846. The number of nitrogens with one attached hydrogen (secondary N) is 1. The van der Waals surface area contributed by atoms with E-state index in [4.69, 9.17) is 11.6 Å². The number of aliphatic carboxylic acids is 1. The molecule has 0 aliphatic rings. The summed E-state index contributed by atoms with van der Waals surface area (Å²) in [5, 5.41) is 10.7. The summed E-state index contributed by atoms with van der Waals surface area (Å²) >= 11 is 7.94. The number of aromatic amines is 1. The van der Waals surface area contributed by atoms with Crippen molar-refractivity contribution in [2.24, 2.45) is 0 Å². The van der Waals surface area contributed by atoms with Crippen LogP contribution in [0.15, 0.2) is 24.3 Å². The van der Waals surface area contributed by atoms with E-state index < -0.39 is 5.97 Å². The molecule has 0 spiro atoms. The number of H-pyrrole nitrogens is 1. The van der Waals surface area contributed by atoms with E-state index in [0.717, 1.165) is 27.7 Å². The van der Waals surface area contributed by atoms with Crippen LogP contribution in [0, 0.1) is 13.8 Å². The fourth-order valence-electron chi connectivity index (χ4n) is 2.68. The number of para-hydroxylation sites is 1. The number of thiophene rings is 1. The van der Waals surface area contributed by atoms with Crippen LogP contribution >= 0.6 is 22.9 Å². The molecule has 0 atom stereocenters. The third-order valence-electron chi connectivity index (χ3n) is 3.53. The number of carbonyl (C=O) groups is 1. The maximum Gasteiger partial charge on any atom is 0.307 e. The maximum absolute atomic E-state index is 11.2. The number of hydrogen-bond acceptors (Lipinski definition) is 2. The molecule has 0 aliphatic heterocycles. The highest BCUT2D eigenvalue weighted by molar-refractivity contribution is 7.12. The summed E-state index contributed by atoms with van der Waals surface area (Å²) in [6.07, 6.45) is -0.0238. The molecule has 5 heteroatoms. The van der Waals surface area contributed by atoms with Gasteiger partial charge >= 0.3 is 5.97 Å². The smallest absolute Gasteiger partial charge is 0.307 e. The van der Waals surface area contributed by atoms with Crippen LogP contribution in [0.4, 0.5) is 0 Å². The first-order chi connectivity index (χ1) is 9.97. The predicted molar refractivity (Wildman–Crippen MR) is 87.4 cm³/mol. The van der Waals surface area contributed by atoms with Crippen LogP contribution in [0.2, 0.25) is 5.02 Å². The van der Waals surface area contributed by atoms with Gasteiger partial charge in [-0.1, -0.05) is 23.7 Å². The van der Waals surface area contributed by atoms with Gasteiger partial charge in [-0.2, -0.15) is 0 Å². The predicted octanol–water partition coefficient (Wildman–Crippen LogP) is 4.79. The molecule has 0 amide bonds. The Balaban J connectivity index is 2.33. The van der Waals surface area contributed by atoms with Gasteiger partial charge in [0, 0.05) is 20.7 Å². The molecule has 0 radical (unpaired) electrons. The molecule has 0 unspecified atom stereocenters. The van der Waals surface area contributed by atoms with Crippen molar-refractivity contribution in [3.05, 3.63) is 44.6 Å². The number of carboxylic acids is 1. The van der Waals surface area contributed by atoms with E-state index in [9.17, 15) is 9.90 Å². The number of aryl methyl sites for hydroxylation is 2. The number of carboxylic acid groups (broad SMARTS) is 1. The highest BCUT2D eigenvalue weighted by Gasteiger charge is 2.19. The highest BCUT2D eigenvalue weighted by Crippen LogP contribution is 2.37. The van der Waals surface area contributed by atoms with Gasteiger partial charge in [-0.3, -0.25) is 4.79 Å². The zero-order chi connectivity index (χ0) is 15.1. The first-order valence-electron chi connectivity index (χ1n) is 6.55. The van der Waals surface area contributed by atoms with Crippen molar-refractivity contribution >= 4 is 39.8 Å². The van der Waals surface area contributed by atoms with Gasteiger partial charge in [-0.05, 0) is 31.5 Å². The average molecular weight is 320 g/mol. The number of fused-ring (bicyclic) bond motifs is 1. The third kappa shape index (κ3) is 2.45. The second-order valence-electron chi connectivity index (χ2n) is 5.04. The Morgan fingerprint density at radius 1 is 1.38 bits per heavy atom. The van der Waals surface area contributed by atoms with E-state index in [1.54, 1.807) is 17.4 Å². The second kappa shape index (κ2) is 5.20. The fraction of sp³-hybridized carbons (Fsp3) is 0.188. The largest absolute Gasteiger partial charge is 0.481 e. The van der Waals surface area contributed by atoms with Gasteiger partial charge < -0.3 is 10.1 Å². The Bertz CT molecular complexity index is 847. The molecule has 3 nitrogen and oxygen atoms in total. The van der Waals surface area contributed by atoms with Crippen LogP contribution in [0.25, 0.3) is 22.2 Å². The summed E-state index contributed by atoms with van der Waals surface area (Å²) in [6, 6.07) is 7.65. The van der Waals surface area contributed by atoms with Crippen LogP contribution in [0.5, 0.6) is 0 Å². The van der Waals surface area contributed by atoms with Crippen molar-refractivity contribution in [2.45, 2.75) is 20.3 Å². The van der Waals surface area contributed by atoms with Crippen molar-refractivity contribution in [1.82, 2.24) is 4.98 Å². The minimum Gasteiger partial charge on any atom is -0.481 e. The Hall–Kier alpha value is -1.78. The molecular weight excluding hydrogens is 306 g/mol. The second-order valence-corrected chi connectivity index (χ2v) is 6.91. The summed E-state index contributed by atoms with van der Waals surface area (Å²) in [4.78, 5) is 16.9. The molecule has 0 fully saturated rings. The summed E-state index contributed by atoms with van der Waals surface area (Å²) in [5.74, 6) is -0.846. The fourth-order valence-corrected chi connectivity index (χ4v) is 3.83. The minimum absolute atomic E-state index is 0.0238. The van der Waals surface area contributed by atoms with E-state index in [1.165, 1.54) is 9.75 Å². The first-order valence-corrected chi connectivity index (χ1v) is 7.75. The molecule has 108 valence electrons. The lowest BCUT2D eigenvalue weighted by Crippen LogP contribution is -2.00. The monoisotopic (exact) mass is 319 g/mol. The van der Waals surface area contributed by atoms with Crippen LogP contribution in [0.1, 0.15) is 15.3 Å². The lowest BCUT2D eigenvalue weighted by molar-refractivity contribution is -0.136. The summed E-state index contributed by atoms with van der Waals surface area (Å²) in [7, 11) is 0. The summed E-state index contributed by atoms with van der Waals surface area (Å²) < 4.78 is 0. The summed E-state index contributed by atoms with van der Waals surface area (Å²) in [5.41, 5.74) is 3.51. The molecule has 3 rings (SSSR count). The number of halogens is 1. The number of rotatable bonds is 3. The van der Waals surface area contributed by atoms with Crippen molar-refractivity contribution in [2.75, 3.05) is 0 Å². The lowest BCUT2D eigenvalue weighted by atomic mass is 10.0. The highest BCUT2D eigenvalue weighted by atomic mass is 35.5. The van der Waals surface area contributed by atoms with Crippen molar-refractivity contribution in [3.8, 4) is 11.3 Å². The van der Waals surface area contributed by atoms with Crippen LogP contribution < -0.4 is 0 Å². The van der Waals surface area contributed by atoms with Gasteiger partial charge in [0.05, 0.1) is 22.7 Å². The molecule has 0 aliphatic carbocycles. The van der Waals surface area contributed by atoms with Crippen molar-refractivity contribution in [3.63, 3.8) is 0 Å². The Morgan fingerprint density at radius 2 is 2.14 bits per heavy atom. The van der Waals surface area contributed by atoms with E-state index in [1.807, 2.05) is 26.0 Å². The zero-order valence-corrected chi connectivity index (χ0v) is 13.2. The van der Waals surface area contributed by atoms with E-state index >= 15 is 0 Å². The molecule has 0 bridgehead atoms. The van der Waals surface area contributed by atoms with E-state index in [2.05, 4.69) is 11.1 Å². The molecule has 3 aromatic rings. The lowest BCUT2D eigenvalue weighted by Gasteiger charge is -2.02. The zero-order valence-electron chi connectivity index (χ0n) is 11.7. The number of hydrogen-bond donors (Lipinski definition) is 2. The summed E-state index contributed by atoms with van der Waals surface area (Å²) in [6.45, 7) is 4.10. The molecule has 2 aromatic heterocycles. The SMILES string of the molecule is Cc1cc(-c2[nH]c3c(Cl)cccc3c2CC(=O)O)c(C)s1. The van der Waals surface area contributed by atoms with Gasteiger partial charge in [0.15, 0.2) is 0 Å². The van der Waals surface area contributed by atoms with Crippen LogP contribution in [-0.2, 0) is 11.2 Å². The average Bonchev–Trinajstić information content (AvgIpc) is 2.91. The number of aromatic nitrogens is 1. The molecule has 2 heterocycles. The standard InChI is InChI=1S/C16H14ClNO2S/c1-8-6-11(9(2)21-8)15-12(7-14(19)20)10-4-3-5-13(17)16(10)18-15/h3-6,18H,7H2,1-2H3,(H,19,20). The van der Waals surface area contributed by atoms with Crippen LogP contribution in [-0.4, -0.2) is 16.1 Å². The van der Waals surface area contributed by atoms with Crippen molar-refractivity contribution < 1.29 is 9.90 Å². The Morgan fingerprint density at radius 3 is 2.76 bits per heavy atom. The normalized spacial score (nSPS) is 11.2. The Labute approximate surface area is 131 Å². The Kier molecular flexibility index (Phi) is 3.51. The molecule has 2 N–H and O–H groups in total. The van der Waals surface area contributed by atoms with Gasteiger partial charge in [0.2, 0.25) is 0 Å². The van der Waals surface area contributed by atoms with Gasteiger partial charge in [-0.15, -0.1) is 11.3 Å². The number of benzene rings is 1. The quantitative estimate of drug-likeness (QED) is 0.729. The molecule has 21 heavy (non-hydrogen) atoms. The maximum atomic E-state index is 11.2. The molecule has 0 saturated carbocycles. The van der Waals surface area contributed by atoms with Crippen LogP contribution in [0.3, 0.4) is 0 Å². The van der Waals surface area contributed by atoms with Gasteiger partial charge in [0.1, 0.15) is 0 Å². The first kappa shape index (κ1) is 14.2. The molecule has 1 aromatic carbocycles. The molecule has 0 saturated heterocycles.